The molecule has 2 saturated heterocycles. The Hall–Kier alpha value is -11.8. The van der Waals surface area contributed by atoms with Crippen LogP contribution in [-0.4, -0.2) is 273 Å². The Kier molecular flexibility index (Phi) is 39.5. The summed E-state index contributed by atoms with van der Waals surface area (Å²) in [7, 11) is 4.33. The van der Waals surface area contributed by atoms with E-state index in [1.807, 2.05) is 76.2 Å². The molecule has 2 aromatic heterocycles. The van der Waals surface area contributed by atoms with Gasteiger partial charge in [0.05, 0.1) is 18.7 Å². The Bertz CT molecular complexity index is 4610. The van der Waals surface area contributed by atoms with E-state index < -0.39 is 173 Å². The number of nitrogens with zero attached hydrogens (tertiary/aromatic N) is 5. The molecule has 0 aliphatic carbocycles. The number of aromatic hydroxyl groups is 1. The summed E-state index contributed by atoms with van der Waals surface area (Å²) in [6.07, 6.45) is 6.52. The Morgan fingerprint density at radius 2 is 1.10 bits per heavy atom. The van der Waals surface area contributed by atoms with Crippen LogP contribution >= 0.6 is 11.8 Å². The quantitative estimate of drug-likeness (QED) is 0.0149. The molecule has 0 radical (unpaired) electrons. The van der Waals surface area contributed by atoms with Gasteiger partial charge in [-0.25, -0.2) is 0 Å². The van der Waals surface area contributed by atoms with E-state index in [-0.39, 0.29) is 120 Å². The number of thioether (sulfide) groups is 1. The van der Waals surface area contributed by atoms with E-state index in [4.69, 9.17) is 28.3 Å². The molecule has 3 aromatic carbocycles. The zero-order valence-electron chi connectivity index (χ0n) is 74.1. The van der Waals surface area contributed by atoms with Crippen LogP contribution in [0.25, 0.3) is 21.8 Å². The number of amides is 15. The number of hydrogen-bond acceptors (Lipinski definition) is 19. The van der Waals surface area contributed by atoms with Crippen LogP contribution < -0.4 is 70.8 Å². The zero-order valence-corrected chi connectivity index (χ0v) is 74.9. The number of unbranched alkanes of at least 4 members (excludes halogenated alkanes) is 2. The van der Waals surface area contributed by atoms with Gasteiger partial charge in [0.25, 0.3) is 0 Å². The van der Waals surface area contributed by atoms with Crippen molar-refractivity contribution in [3.05, 3.63) is 102 Å². The zero-order chi connectivity index (χ0) is 92.6. The molecule has 2 aliphatic rings. The van der Waals surface area contributed by atoms with Gasteiger partial charge in [0, 0.05) is 107 Å². The van der Waals surface area contributed by atoms with Crippen LogP contribution in [0, 0.1) is 16.7 Å². The maximum Gasteiger partial charge on any atom is 0.246 e. The summed E-state index contributed by atoms with van der Waals surface area (Å²) < 4.78 is 0. The van der Waals surface area contributed by atoms with Crippen LogP contribution in [0.5, 0.6) is 5.75 Å². The van der Waals surface area contributed by atoms with Crippen molar-refractivity contribution >= 4 is 128 Å². The Balaban J connectivity index is 1.10. The van der Waals surface area contributed by atoms with Crippen molar-refractivity contribution in [2.24, 2.45) is 34.3 Å². The first kappa shape index (κ1) is 101. The number of nitrogens with one attached hydrogen (secondary N) is 12. The van der Waals surface area contributed by atoms with Gasteiger partial charge in [-0.05, 0) is 129 Å². The van der Waals surface area contributed by atoms with Gasteiger partial charge < -0.3 is 110 Å². The molecule has 2 aliphatic heterocycles. The lowest BCUT2D eigenvalue weighted by atomic mass is 9.85. The van der Waals surface area contributed by atoms with Crippen molar-refractivity contribution in [1.29, 1.82) is 5.41 Å². The third-order valence-corrected chi connectivity index (χ3v) is 23.6. The highest BCUT2D eigenvalue weighted by Crippen LogP contribution is 2.29. The molecule has 126 heavy (non-hydrogen) atoms. The molecule has 7 rings (SSSR count). The third-order valence-electron chi connectivity index (χ3n) is 22.6. The van der Waals surface area contributed by atoms with Gasteiger partial charge >= 0.3 is 0 Å². The molecule has 38 heteroatoms. The Labute approximate surface area is 740 Å². The van der Waals surface area contributed by atoms with Crippen molar-refractivity contribution < 1.29 is 77.0 Å². The highest BCUT2D eigenvalue weighted by Gasteiger charge is 2.45. The fraction of sp³-hybridized carbons (Fsp3) is 0.568. The number of guanidine groups is 1. The standard InChI is InChI=1S/C88H131N21O16S/c1-11-13-27-67(79(118)99-61(26-19-39-95-87(92)93)76(115)94-40-43-126-51-72(91)112)106(9)86(125)70(28-14-12-2)107(10)83(122)65(46-55-49-97-60-25-18-16-23-58(55)60)103-82(121)75(88(5,6)7)104-78(117)63(45-54-48-96-59-24-17-15-22-57(54)59)101-81(120)69-30-21-41-108(69)84(123)64(44-52(3)4)102-77(116)62(37-38-89)100-80(119)68-29-20-42-109(68)85(124)66(47-71(90)111)98-73(113)50-105(8)74(114)36-33-53-31-34-56(110)35-32-53/h15-18,22-25,31-32,34-35,48-49,52,61-70,75,96-97,110H,11-14,19-21,26-30,33,36-47,50-51,89H2,1-10H3,(H2,90,111)(H2,91,112)(H,94,115)(H,98,113)(H,99,118)(H,100,119)(H,101,120)(H,102,116)(H,103,121)(H,104,117)(H4,92,93,95)/t61-,62-,63-,64-,65-,66-,67-,68?,69?,70-,75+/m0/s1. The van der Waals surface area contributed by atoms with Crippen LogP contribution in [-0.2, 0) is 91.2 Å². The number of aryl methyl sites for hydroxylation is 1. The number of nitrogens with two attached hydrogens (primary N) is 4. The van der Waals surface area contributed by atoms with Gasteiger partial charge in [0.2, 0.25) is 88.6 Å². The summed E-state index contributed by atoms with van der Waals surface area (Å²) in [5.74, 6) is -10.5. The van der Waals surface area contributed by atoms with Gasteiger partial charge in [0.15, 0.2) is 5.96 Å². The number of benzene rings is 3. The minimum Gasteiger partial charge on any atom is -0.508 e. The second kappa shape index (κ2) is 49.2. The van der Waals surface area contributed by atoms with Crippen LogP contribution in [0.1, 0.15) is 168 Å². The molecule has 4 heterocycles. The summed E-state index contributed by atoms with van der Waals surface area (Å²) in [6.45, 7) is 12.4. The number of likely N-dealkylation sites (N-methyl/N-ethyl adjacent to an activating group) is 3. The van der Waals surface area contributed by atoms with E-state index in [0.29, 0.717) is 68.2 Å². The molecule has 11 atom stereocenters. The number of carbonyl (C=O) groups is 15. The predicted molar refractivity (Wildman–Crippen MR) is 478 cm³/mol. The van der Waals surface area contributed by atoms with E-state index in [1.165, 1.54) is 64.6 Å². The molecule has 5 aromatic rings. The Morgan fingerprint density at radius 3 is 1.64 bits per heavy atom. The fourth-order valence-corrected chi connectivity index (χ4v) is 16.4. The largest absolute Gasteiger partial charge is 0.508 e. The van der Waals surface area contributed by atoms with Crippen molar-refractivity contribution in [1.82, 2.24) is 82.3 Å². The average Bonchev–Trinajstić information content (AvgIpc) is 1.61. The molecule has 0 saturated carbocycles. The van der Waals surface area contributed by atoms with Crippen molar-refractivity contribution in [3.8, 4) is 5.75 Å². The summed E-state index contributed by atoms with van der Waals surface area (Å²) >= 11 is 1.22. The number of fused-ring (bicyclic) bond motifs is 2. The number of rotatable bonds is 50. The first-order valence-corrected chi connectivity index (χ1v) is 44.6. The average molecular weight is 1770 g/mol. The molecule has 2 fully saturated rings. The normalized spacial score (nSPS) is 16.0. The number of para-hydroxylation sites is 2. The molecule has 15 amide bonds. The molecular weight excluding hydrogens is 1640 g/mol. The minimum absolute atomic E-state index is 0.0187. The SMILES string of the molecule is CCCC[C@@H](C(=O)N(C)[C@@H](CCCC)C(=O)N[C@@H](CCCNC(=N)N)C(=O)NCCSCC(N)=O)N(C)C(=O)[C@H](Cc1c[nH]c2ccccc12)NC(=O)[C@@H](NC(=O)[C@H](Cc1c[nH]c2ccccc12)NC(=O)C1CCCN1C(=O)[C@H](CC(C)C)NC(=O)[C@H](CCN)NC(=O)C1CCCN1C(=O)[C@H](CC(N)=O)NC(=O)CN(C)C(=O)CCc1ccc(O)cc1)C(C)(C)C. The highest BCUT2D eigenvalue weighted by molar-refractivity contribution is 7.99. The highest BCUT2D eigenvalue weighted by atomic mass is 32.2. The first-order valence-electron chi connectivity index (χ1n) is 43.4. The Morgan fingerprint density at radius 1 is 0.571 bits per heavy atom. The van der Waals surface area contributed by atoms with Crippen LogP contribution in [0.2, 0.25) is 0 Å². The number of likely N-dealkylation sites (tertiary alicyclic amines) is 2. The van der Waals surface area contributed by atoms with Gasteiger partial charge in [0.1, 0.15) is 72.2 Å². The third kappa shape index (κ3) is 29.9. The summed E-state index contributed by atoms with van der Waals surface area (Å²) in [6, 6.07) is 6.60. The van der Waals surface area contributed by atoms with E-state index >= 15 is 28.8 Å². The van der Waals surface area contributed by atoms with Gasteiger partial charge in [-0.3, -0.25) is 77.3 Å². The first-order chi connectivity index (χ1) is 59.8. The number of aromatic amines is 2. The van der Waals surface area contributed by atoms with Gasteiger partial charge in [-0.2, -0.15) is 11.8 Å². The maximum atomic E-state index is 15.8. The summed E-state index contributed by atoms with van der Waals surface area (Å²) in [4.78, 5) is 228. The number of carbonyl (C=O) groups excluding carboxylic acids is 15. The van der Waals surface area contributed by atoms with Gasteiger partial charge in [-0.15, -0.1) is 0 Å². The molecule has 2 unspecified atom stereocenters. The lowest BCUT2D eigenvalue weighted by molar-refractivity contribution is -0.149. The lowest BCUT2D eigenvalue weighted by Crippen LogP contribution is -2.63. The summed E-state index contributed by atoms with van der Waals surface area (Å²) in [5.41, 5.74) is 24.8. The van der Waals surface area contributed by atoms with Crippen LogP contribution in [0.4, 0.5) is 0 Å². The number of H-pyrrole nitrogens is 2. The van der Waals surface area contributed by atoms with Gasteiger partial charge in [-0.1, -0.05) is 123 Å². The summed E-state index contributed by atoms with van der Waals surface area (Å²) in [5, 5.41) is 44.0. The molecular formula is C88H131N21O16S. The van der Waals surface area contributed by atoms with Crippen molar-refractivity contribution in [2.45, 2.75) is 237 Å². The second-order valence-electron chi connectivity index (χ2n) is 34.0. The van der Waals surface area contributed by atoms with Crippen LogP contribution in [0.15, 0.2) is 85.2 Å². The lowest BCUT2D eigenvalue weighted by Gasteiger charge is -2.37. The van der Waals surface area contributed by atoms with Crippen molar-refractivity contribution in [3.63, 3.8) is 0 Å². The van der Waals surface area contributed by atoms with E-state index in [0.717, 1.165) is 32.3 Å². The monoisotopic (exact) mass is 1770 g/mol. The smallest absolute Gasteiger partial charge is 0.246 e. The van der Waals surface area contributed by atoms with Crippen LogP contribution in [0.3, 0.4) is 0 Å². The number of hydrogen-bond donors (Lipinski definition) is 17. The maximum absolute atomic E-state index is 15.8. The minimum atomic E-state index is -1.54. The number of aromatic nitrogens is 2. The van der Waals surface area contributed by atoms with E-state index in [2.05, 4.69) is 57.8 Å². The topological polar surface area (TPSA) is 560 Å². The fourth-order valence-electron chi connectivity index (χ4n) is 15.8. The molecule has 21 N–H and O–H groups in total. The number of primary amides is 2. The number of phenols is 1. The molecule has 0 spiro atoms. The molecule has 0 bridgehead atoms. The van der Waals surface area contributed by atoms with E-state index in [9.17, 15) is 48.3 Å². The molecule has 690 valence electrons. The van der Waals surface area contributed by atoms with E-state index in [1.54, 1.807) is 45.3 Å². The van der Waals surface area contributed by atoms with Crippen molar-refractivity contribution in [2.75, 3.05) is 71.9 Å². The predicted octanol–water partition coefficient (Wildman–Crippen LogP) is 1.56. The number of phenolic OH excluding ortho intramolecular Hbond substituents is 1. The molecule has 37 nitrogen and oxygen atoms in total. The second-order valence-corrected chi connectivity index (χ2v) is 35.1.